The van der Waals surface area contributed by atoms with Gasteiger partial charge in [0.25, 0.3) is 0 Å². The zero-order valence-electron chi connectivity index (χ0n) is 21.3. The molecule has 0 amide bonds. The number of rotatable bonds is 10. The Labute approximate surface area is 209 Å². The molecule has 1 atom stereocenters. The third-order valence-electron chi connectivity index (χ3n) is 7.44. The number of benzene rings is 2. The van der Waals surface area contributed by atoms with Gasteiger partial charge >= 0.3 is 5.97 Å². The number of carboxylic acids is 1. The minimum absolute atomic E-state index is 0.0239. The van der Waals surface area contributed by atoms with E-state index in [2.05, 4.69) is 23.1 Å². The van der Waals surface area contributed by atoms with E-state index in [1.54, 1.807) is 0 Å². The van der Waals surface area contributed by atoms with Crippen molar-refractivity contribution >= 4 is 5.97 Å². The Balaban J connectivity index is 1.24. The predicted molar refractivity (Wildman–Crippen MR) is 136 cm³/mol. The molecule has 190 valence electrons. The second-order valence-electron chi connectivity index (χ2n) is 11.0. The summed E-state index contributed by atoms with van der Waals surface area (Å²) < 4.78 is 17.8. The zero-order chi connectivity index (χ0) is 24.9. The summed E-state index contributed by atoms with van der Waals surface area (Å²) in [5, 5.41) is 9.69. The SMILES string of the molecule is CC(C)(C)C(CN1CCC2(CC1)COc1cc(OCCCOCc3ccccc3)ccc12)C(=O)O. The van der Waals surface area contributed by atoms with Gasteiger partial charge in [0, 0.05) is 30.0 Å². The van der Waals surface area contributed by atoms with E-state index >= 15 is 0 Å². The number of hydrogen-bond acceptors (Lipinski definition) is 5. The van der Waals surface area contributed by atoms with Crippen LogP contribution in [0.5, 0.6) is 11.5 Å². The van der Waals surface area contributed by atoms with Crippen LogP contribution in [0.25, 0.3) is 0 Å². The Morgan fingerprint density at radius 1 is 1.11 bits per heavy atom. The van der Waals surface area contributed by atoms with E-state index < -0.39 is 5.97 Å². The van der Waals surface area contributed by atoms with Crippen LogP contribution in [-0.2, 0) is 21.6 Å². The van der Waals surface area contributed by atoms with Crippen molar-refractivity contribution in [3.63, 3.8) is 0 Å². The minimum Gasteiger partial charge on any atom is -0.493 e. The van der Waals surface area contributed by atoms with E-state index in [0.29, 0.717) is 33.0 Å². The van der Waals surface area contributed by atoms with E-state index in [1.165, 1.54) is 11.1 Å². The number of carboxylic acid groups (broad SMARTS) is 1. The highest BCUT2D eigenvalue weighted by Gasteiger charge is 2.44. The molecule has 2 aliphatic rings. The maximum Gasteiger partial charge on any atom is 0.308 e. The third-order valence-corrected chi connectivity index (χ3v) is 7.44. The molecule has 35 heavy (non-hydrogen) atoms. The highest BCUT2D eigenvalue weighted by Crippen LogP contribution is 2.47. The summed E-state index contributed by atoms with van der Waals surface area (Å²) in [6, 6.07) is 16.4. The molecule has 6 nitrogen and oxygen atoms in total. The molecule has 1 N–H and O–H groups in total. The second kappa shape index (κ2) is 11.0. The monoisotopic (exact) mass is 481 g/mol. The maximum atomic E-state index is 11.8. The lowest BCUT2D eigenvalue weighted by atomic mass is 9.73. The van der Waals surface area contributed by atoms with E-state index in [1.807, 2.05) is 51.1 Å². The molecule has 0 bridgehead atoms. The number of piperidine rings is 1. The van der Waals surface area contributed by atoms with Gasteiger partial charge < -0.3 is 24.2 Å². The van der Waals surface area contributed by atoms with Gasteiger partial charge in [0.1, 0.15) is 11.5 Å². The Morgan fingerprint density at radius 2 is 1.86 bits per heavy atom. The van der Waals surface area contributed by atoms with Gasteiger partial charge in [-0.15, -0.1) is 0 Å². The van der Waals surface area contributed by atoms with Crippen LogP contribution in [0.3, 0.4) is 0 Å². The van der Waals surface area contributed by atoms with Crippen molar-refractivity contribution < 1.29 is 24.1 Å². The van der Waals surface area contributed by atoms with Gasteiger partial charge in [-0.2, -0.15) is 0 Å². The molecule has 6 heteroatoms. The number of likely N-dealkylation sites (tertiary alicyclic amines) is 1. The lowest BCUT2D eigenvalue weighted by Crippen LogP contribution is -2.47. The number of ether oxygens (including phenoxy) is 3. The molecule has 2 aromatic rings. The van der Waals surface area contributed by atoms with Crippen molar-refractivity contribution in [1.29, 1.82) is 0 Å². The number of nitrogens with zero attached hydrogens (tertiary/aromatic N) is 1. The van der Waals surface area contributed by atoms with Gasteiger partial charge in [0.2, 0.25) is 0 Å². The number of fused-ring (bicyclic) bond motifs is 2. The number of aliphatic carboxylic acids is 1. The van der Waals surface area contributed by atoms with Crippen molar-refractivity contribution in [1.82, 2.24) is 4.90 Å². The zero-order valence-corrected chi connectivity index (χ0v) is 21.3. The topological polar surface area (TPSA) is 68.2 Å². The first-order chi connectivity index (χ1) is 16.8. The molecule has 0 saturated carbocycles. The molecule has 1 fully saturated rings. The fourth-order valence-electron chi connectivity index (χ4n) is 5.12. The van der Waals surface area contributed by atoms with Crippen LogP contribution in [0.15, 0.2) is 48.5 Å². The average Bonchev–Trinajstić information content (AvgIpc) is 3.18. The summed E-state index contributed by atoms with van der Waals surface area (Å²) >= 11 is 0. The second-order valence-corrected chi connectivity index (χ2v) is 11.0. The molecular weight excluding hydrogens is 442 g/mol. The van der Waals surface area contributed by atoms with Crippen LogP contribution >= 0.6 is 0 Å². The Bertz CT molecular complexity index is 976. The third kappa shape index (κ3) is 6.36. The van der Waals surface area contributed by atoms with Crippen LogP contribution in [0, 0.1) is 11.3 Å². The van der Waals surface area contributed by atoms with Crippen molar-refractivity contribution in [2.24, 2.45) is 11.3 Å². The molecule has 0 radical (unpaired) electrons. The van der Waals surface area contributed by atoms with Crippen LogP contribution < -0.4 is 9.47 Å². The first-order valence-electron chi connectivity index (χ1n) is 12.7. The fraction of sp³-hybridized carbons (Fsp3) is 0.552. The number of hydrogen-bond donors (Lipinski definition) is 1. The first kappa shape index (κ1) is 25.5. The van der Waals surface area contributed by atoms with E-state index in [4.69, 9.17) is 14.2 Å². The van der Waals surface area contributed by atoms with Crippen LogP contribution in [-0.4, -0.2) is 55.4 Å². The van der Waals surface area contributed by atoms with Gasteiger partial charge in [-0.1, -0.05) is 57.2 Å². The minimum atomic E-state index is -0.706. The molecule has 0 aliphatic carbocycles. The van der Waals surface area contributed by atoms with E-state index in [-0.39, 0.29) is 16.7 Å². The molecule has 0 aromatic heterocycles. The van der Waals surface area contributed by atoms with Gasteiger partial charge in [-0.25, -0.2) is 0 Å². The molecule has 2 aliphatic heterocycles. The van der Waals surface area contributed by atoms with Crippen molar-refractivity contribution in [3.8, 4) is 11.5 Å². The van der Waals surface area contributed by atoms with Gasteiger partial charge in [-0.05, 0) is 43.0 Å². The highest BCUT2D eigenvalue weighted by molar-refractivity contribution is 5.71. The maximum absolute atomic E-state index is 11.8. The first-order valence-corrected chi connectivity index (χ1v) is 12.7. The summed E-state index contributed by atoms with van der Waals surface area (Å²) in [6.45, 7) is 11.0. The standard InChI is InChI=1S/C29H39NO5/c1-28(2,3)25(27(31)32)19-30-14-12-29(13-15-30)21-35-26-18-23(10-11-24(26)29)34-17-7-16-33-20-22-8-5-4-6-9-22/h4-6,8-11,18,25H,7,12-17,19-21H2,1-3H3,(H,31,32). The molecule has 1 unspecified atom stereocenters. The quantitative estimate of drug-likeness (QED) is 0.474. The summed E-state index contributed by atoms with van der Waals surface area (Å²) in [6.07, 6.45) is 2.79. The molecule has 4 rings (SSSR count). The number of carbonyl (C=O) groups is 1. The van der Waals surface area contributed by atoms with Crippen molar-refractivity contribution in [3.05, 3.63) is 59.7 Å². The highest BCUT2D eigenvalue weighted by atomic mass is 16.5. The Kier molecular flexibility index (Phi) is 8.02. The summed E-state index contributed by atoms with van der Waals surface area (Å²) in [7, 11) is 0. The van der Waals surface area contributed by atoms with Gasteiger partial charge in [0.15, 0.2) is 0 Å². The van der Waals surface area contributed by atoms with Crippen LogP contribution in [0.1, 0.15) is 51.2 Å². The van der Waals surface area contributed by atoms with Crippen LogP contribution in [0.2, 0.25) is 0 Å². The van der Waals surface area contributed by atoms with Crippen molar-refractivity contribution in [2.45, 2.75) is 52.1 Å². The molecular formula is C29H39NO5. The van der Waals surface area contributed by atoms with Crippen LogP contribution in [0.4, 0.5) is 0 Å². The Morgan fingerprint density at radius 3 is 2.54 bits per heavy atom. The van der Waals surface area contributed by atoms with Gasteiger partial charge in [-0.3, -0.25) is 4.79 Å². The van der Waals surface area contributed by atoms with E-state index in [0.717, 1.165) is 43.9 Å². The van der Waals surface area contributed by atoms with Gasteiger partial charge in [0.05, 0.1) is 32.3 Å². The normalized spacial score (nSPS) is 18.1. The summed E-state index contributed by atoms with van der Waals surface area (Å²) in [4.78, 5) is 14.1. The fourth-order valence-corrected chi connectivity index (χ4v) is 5.12. The average molecular weight is 482 g/mol. The lowest BCUT2D eigenvalue weighted by molar-refractivity contribution is -0.146. The molecule has 1 saturated heterocycles. The molecule has 2 heterocycles. The van der Waals surface area contributed by atoms with E-state index in [9.17, 15) is 9.90 Å². The molecule has 1 spiro atoms. The smallest absolute Gasteiger partial charge is 0.308 e. The lowest BCUT2D eigenvalue weighted by Gasteiger charge is -2.41. The predicted octanol–water partition coefficient (Wildman–Crippen LogP) is 5.15. The van der Waals surface area contributed by atoms with Crippen molar-refractivity contribution in [2.75, 3.05) is 39.5 Å². The largest absolute Gasteiger partial charge is 0.493 e. The summed E-state index contributed by atoms with van der Waals surface area (Å²) in [5.41, 5.74) is 2.21. The summed E-state index contributed by atoms with van der Waals surface area (Å²) in [5.74, 6) is 0.680. The molecule has 2 aromatic carbocycles. The Hall–Kier alpha value is -2.57.